The molecule has 0 aromatic rings. The van der Waals surface area contributed by atoms with Crippen LogP contribution in [0.15, 0.2) is 0 Å². The van der Waals surface area contributed by atoms with E-state index >= 15 is 0 Å². The Morgan fingerprint density at radius 3 is 1.40 bits per heavy atom. The van der Waals surface area contributed by atoms with Crippen molar-refractivity contribution in [3.8, 4) is 0 Å². The Morgan fingerprint density at radius 1 is 1.40 bits per heavy atom. The van der Waals surface area contributed by atoms with Crippen LogP contribution in [0.25, 0.3) is 0 Å². The van der Waals surface area contributed by atoms with Gasteiger partial charge in [0, 0.05) is 0 Å². The molecule has 0 aliphatic rings. The van der Waals surface area contributed by atoms with Crippen LogP contribution in [0, 0.1) is 6.92 Å². The fourth-order valence-corrected chi connectivity index (χ4v) is 0. The van der Waals surface area contributed by atoms with Crippen molar-refractivity contribution in [3.05, 3.63) is 6.92 Å². The van der Waals surface area contributed by atoms with Gasteiger partial charge in [0.15, 0.2) is 0 Å². The van der Waals surface area contributed by atoms with Gasteiger partial charge in [0.2, 0.25) is 0 Å². The molecule has 36 valence electrons. The first-order chi connectivity index (χ1) is 2.41. The van der Waals surface area contributed by atoms with Gasteiger partial charge in [-0.3, -0.25) is 0 Å². The fourth-order valence-electron chi connectivity index (χ4n) is 0. The summed E-state index contributed by atoms with van der Waals surface area (Å²) in [6, 6.07) is 0. The molecule has 5 heavy (non-hydrogen) atoms. The van der Waals surface area contributed by atoms with E-state index in [0.29, 0.717) is 0 Å². The molecule has 0 saturated heterocycles. The summed E-state index contributed by atoms with van der Waals surface area (Å²) < 4.78 is 0. The first kappa shape index (κ1) is 9.51. The summed E-state index contributed by atoms with van der Waals surface area (Å²) in [6.07, 6.45) is 0. The van der Waals surface area contributed by atoms with Crippen LogP contribution in [0.3, 0.4) is 0 Å². The summed E-state index contributed by atoms with van der Waals surface area (Å²) in [6.45, 7) is 5.00. The zero-order valence-corrected chi connectivity index (χ0v) is 6.07. The number of hydrogen-bond donors (Lipinski definition) is 0. The number of rotatable bonds is 0. The van der Waals surface area contributed by atoms with Gasteiger partial charge < -0.3 is 6.92 Å². The second kappa shape index (κ2) is 18.9. The van der Waals surface area contributed by atoms with Gasteiger partial charge in [-0.05, 0) is 0 Å². The molecular formula is C2H5Cl2Ru-. The average Bonchev–Trinajstić information content (AvgIpc) is 1.46. The predicted molar refractivity (Wildman–Crippen MR) is 22.7 cm³/mol. The second-order valence-electron chi connectivity index (χ2n) is 0.0505. The Balaban J connectivity index is 0. The van der Waals surface area contributed by atoms with Crippen molar-refractivity contribution in [1.29, 1.82) is 0 Å². The molecule has 0 nitrogen and oxygen atoms in total. The van der Waals surface area contributed by atoms with Gasteiger partial charge in [-0.25, -0.2) is 0 Å². The molecule has 0 amide bonds. The third-order valence-corrected chi connectivity index (χ3v) is 0. The molecule has 0 spiro atoms. The van der Waals surface area contributed by atoms with Gasteiger partial charge in [-0.2, -0.15) is 6.92 Å². The summed E-state index contributed by atoms with van der Waals surface area (Å²) in [5.41, 5.74) is 0. The number of halogens is 2. The van der Waals surface area contributed by atoms with Crippen molar-refractivity contribution in [3.63, 3.8) is 0 Å². The van der Waals surface area contributed by atoms with Gasteiger partial charge in [0.25, 0.3) is 0 Å². The van der Waals surface area contributed by atoms with E-state index in [2.05, 4.69) is 6.92 Å². The zero-order valence-electron chi connectivity index (χ0n) is 2.82. The monoisotopic (exact) mass is 201 g/mol. The molecule has 0 rings (SSSR count). The maximum absolute atomic E-state index is 4.85. The minimum absolute atomic E-state index is 0.346. The molecule has 0 fully saturated rings. The zero-order chi connectivity index (χ0) is 4.71. The first-order valence-corrected chi connectivity index (χ1v) is 5.45. The van der Waals surface area contributed by atoms with Crippen molar-refractivity contribution < 1.29 is 15.1 Å². The van der Waals surface area contributed by atoms with Crippen molar-refractivity contribution in [2.45, 2.75) is 6.92 Å². The molecule has 3 heteroatoms. The SMILES string of the molecule is [CH2-]C.[Cl][Ru][Cl]. The third-order valence-electron chi connectivity index (χ3n) is 0. The van der Waals surface area contributed by atoms with Gasteiger partial charge >= 0.3 is 34.5 Å². The molecule has 0 aromatic carbocycles. The summed E-state index contributed by atoms with van der Waals surface area (Å²) in [5, 5.41) is 0. The van der Waals surface area contributed by atoms with Gasteiger partial charge in [-0.1, -0.05) is 0 Å². The Bertz CT molecular complexity index is 7.61. The van der Waals surface area contributed by atoms with Crippen LogP contribution in [0.4, 0.5) is 0 Å². The van der Waals surface area contributed by atoms with Crippen molar-refractivity contribution in [1.82, 2.24) is 0 Å². The molecule has 0 aromatic heterocycles. The third kappa shape index (κ3) is 36.9. The van der Waals surface area contributed by atoms with E-state index in [4.69, 9.17) is 19.4 Å². The van der Waals surface area contributed by atoms with Crippen LogP contribution in [-0.2, 0) is 15.1 Å². The fraction of sp³-hybridized carbons (Fsp3) is 0.500. The summed E-state index contributed by atoms with van der Waals surface area (Å²) in [5.74, 6) is 0. The molecular weight excluding hydrogens is 196 g/mol. The van der Waals surface area contributed by atoms with Crippen molar-refractivity contribution >= 4 is 19.4 Å². The van der Waals surface area contributed by atoms with Gasteiger partial charge in [0.1, 0.15) is 0 Å². The quantitative estimate of drug-likeness (QED) is 0.416. The predicted octanol–water partition coefficient (Wildman–Crippen LogP) is 2.22. The molecule has 0 aliphatic carbocycles. The number of hydrogen-bond acceptors (Lipinski definition) is 0. The van der Waals surface area contributed by atoms with E-state index in [1.807, 2.05) is 0 Å². The van der Waals surface area contributed by atoms with E-state index in [9.17, 15) is 0 Å². The molecule has 0 unspecified atom stereocenters. The van der Waals surface area contributed by atoms with Crippen LogP contribution in [0.1, 0.15) is 6.92 Å². The van der Waals surface area contributed by atoms with E-state index in [-0.39, 0.29) is 15.1 Å². The van der Waals surface area contributed by atoms with E-state index in [1.165, 1.54) is 0 Å². The van der Waals surface area contributed by atoms with Crippen LogP contribution in [0.5, 0.6) is 0 Å². The topological polar surface area (TPSA) is 0 Å². The van der Waals surface area contributed by atoms with E-state index in [0.717, 1.165) is 0 Å². The Kier molecular flexibility index (Phi) is 36.0. The van der Waals surface area contributed by atoms with Crippen LogP contribution in [-0.4, -0.2) is 0 Å². The second-order valence-corrected chi connectivity index (χ2v) is 2.69. The van der Waals surface area contributed by atoms with Crippen molar-refractivity contribution in [2.24, 2.45) is 0 Å². The standard InChI is InChI=1S/C2H5.2ClH.Ru/c1-2;;;/h1H2,2H3;2*1H;/q-1;;;+2/p-2. The molecule has 0 bridgehead atoms. The van der Waals surface area contributed by atoms with Crippen LogP contribution in [0.2, 0.25) is 0 Å². The minimum atomic E-state index is -0.346. The Labute approximate surface area is 48.5 Å². The molecule has 0 atom stereocenters. The molecule has 0 saturated carbocycles. The Hall–Kier alpha value is 1.20. The van der Waals surface area contributed by atoms with E-state index in [1.54, 1.807) is 6.92 Å². The summed E-state index contributed by atoms with van der Waals surface area (Å²) in [4.78, 5) is 0. The molecule has 0 heterocycles. The first-order valence-electron chi connectivity index (χ1n) is 0.974. The summed E-state index contributed by atoms with van der Waals surface area (Å²) >= 11 is -0.346. The van der Waals surface area contributed by atoms with Gasteiger partial charge in [-0.15, -0.1) is 0 Å². The molecule has 0 aliphatic heterocycles. The van der Waals surface area contributed by atoms with Crippen LogP contribution >= 0.6 is 19.4 Å². The molecule has 0 N–H and O–H groups in total. The Morgan fingerprint density at radius 2 is 1.40 bits per heavy atom. The van der Waals surface area contributed by atoms with Gasteiger partial charge in [0.05, 0.1) is 0 Å². The normalized spacial score (nSPS) is 5.60. The van der Waals surface area contributed by atoms with E-state index < -0.39 is 0 Å². The van der Waals surface area contributed by atoms with Crippen LogP contribution < -0.4 is 0 Å². The maximum atomic E-state index is 4.85. The summed E-state index contributed by atoms with van der Waals surface area (Å²) in [7, 11) is 9.71. The average molecular weight is 201 g/mol. The van der Waals surface area contributed by atoms with Crippen molar-refractivity contribution in [2.75, 3.05) is 0 Å². The molecule has 0 radical (unpaired) electrons.